The molecule has 0 radical (unpaired) electrons. The van der Waals surface area contributed by atoms with Crippen LogP contribution in [-0.4, -0.2) is 42.4 Å². The summed E-state index contributed by atoms with van der Waals surface area (Å²) in [5.41, 5.74) is 8.15. The molecule has 0 unspecified atom stereocenters. The maximum atomic E-state index is 12.3. The molecule has 0 aliphatic carbocycles. The summed E-state index contributed by atoms with van der Waals surface area (Å²) in [7, 11) is 0. The lowest BCUT2D eigenvalue weighted by molar-refractivity contribution is -0.137. The Labute approximate surface area is 120 Å². The fourth-order valence-corrected chi connectivity index (χ4v) is 1.85. The Balaban J connectivity index is 4.50. The molecule has 0 spiro atoms. The van der Waals surface area contributed by atoms with Gasteiger partial charge in [-0.3, -0.25) is 9.59 Å². The number of rotatable bonds is 9. The van der Waals surface area contributed by atoms with Crippen LogP contribution in [0.5, 0.6) is 0 Å². The molecule has 0 fully saturated rings. The third kappa shape index (κ3) is 6.43. The molecule has 0 saturated heterocycles. The van der Waals surface area contributed by atoms with Crippen LogP contribution in [0.1, 0.15) is 40.5 Å². The first kappa shape index (κ1) is 18.2. The lowest BCUT2D eigenvalue weighted by atomic mass is 10.0. The summed E-state index contributed by atoms with van der Waals surface area (Å²) in [6.07, 6.45) is 0.744. The van der Waals surface area contributed by atoms with Gasteiger partial charge in [0.1, 0.15) is 6.04 Å². The first-order chi connectivity index (χ1) is 9.47. The van der Waals surface area contributed by atoms with Gasteiger partial charge in [-0.2, -0.15) is 0 Å². The van der Waals surface area contributed by atoms with Gasteiger partial charge >= 0.3 is 0 Å². The van der Waals surface area contributed by atoms with Crippen molar-refractivity contribution in [2.75, 3.05) is 19.6 Å². The van der Waals surface area contributed by atoms with Crippen molar-refractivity contribution in [2.24, 2.45) is 11.0 Å². The Bertz CT molecular complexity index is 360. The predicted molar refractivity (Wildman–Crippen MR) is 77.9 cm³/mol. The molecule has 0 bridgehead atoms. The zero-order valence-electron chi connectivity index (χ0n) is 12.8. The summed E-state index contributed by atoms with van der Waals surface area (Å²) in [5, 5.41) is 6.15. The molecule has 1 N–H and O–H groups in total. The van der Waals surface area contributed by atoms with Crippen LogP contribution >= 0.6 is 0 Å². The number of azide groups is 1. The van der Waals surface area contributed by atoms with Gasteiger partial charge in [-0.15, -0.1) is 0 Å². The van der Waals surface area contributed by atoms with Gasteiger partial charge in [0.2, 0.25) is 11.8 Å². The molecule has 0 aromatic heterocycles. The highest BCUT2D eigenvalue weighted by atomic mass is 16.2. The minimum Gasteiger partial charge on any atom is -0.344 e. The Morgan fingerprint density at radius 3 is 2.35 bits per heavy atom. The van der Waals surface area contributed by atoms with Gasteiger partial charge in [0.25, 0.3) is 0 Å². The highest BCUT2D eigenvalue weighted by Crippen LogP contribution is 2.07. The molecule has 114 valence electrons. The summed E-state index contributed by atoms with van der Waals surface area (Å²) in [6.45, 7) is 9.20. The number of likely N-dealkylation sites (N-methyl/N-ethyl adjacent to an activating group) is 1. The van der Waals surface area contributed by atoms with E-state index in [1.807, 2.05) is 27.7 Å². The van der Waals surface area contributed by atoms with E-state index in [0.29, 0.717) is 26.1 Å². The molecule has 0 aromatic carbocycles. The van der Waals surface area contributed by atoms with Crippen LogP contribution in [0.4, 0.5) is 0 Å². The van der Waals surface area contributed by atoms with Crippen molar-refractivity contribution in [1.29, 1.82) is 0 Å². The average Bonchev–Trinajstić information content (AvgIpc) is 2.41. The van der Waals surface area contributed by atoms with Crippen molar-refractivity contribution in [3.05, 3.63) is 10.4 Å². The fraction of sp³-hybridized carbons (Fsp3) is 0.846. The highest BCUT2D eigenvalue weighted by molar-refractivity contribution is 5.87. The Morgan fingerprint density at radius 2 is 1.90 bits per heavy atom. The lowest BCUT2D eigenvalue weighted by Crippen LogP contribution is -2.51. The van der Waals surface area contributed by atoms with E-state index < -0.39 is 6.04 Å². The zero-order valence-corrected chi connectivity index (χ0v) is 12.8. The third-order valence-electron chi connectivity index (χ3n) is 3.05. The SMILES string of the molecule is CCN(CC)C(=O)[C@@H](NC(=O)CCCN=[N+]=[N-])C(C)C. The van der Waals surface area contributed by atoms with Crippen LogP contribution in [-0.2, 0) is 9.59 Å². The Hall–Kier alpha value is -1.75. The first-order valence-electron chi connectivity index (χ1n) is 7.06. The van der Waals surface area contributed by atoms with E-state index >= 15 is 0 Å². The quantitative estimate of drug-likeness (QED) is 0.303. The maximum absolute atomic E-state index is 12.3. The number of hydrogen-bond donors (Lipinski definition) is 1. The second-order valence-electron chi connectivity index (χ2n) is 4.86. The molecule has 0 aliphatic heterocycles. The van der Waals surface area contributed by atoms with E-state index in [9.17, 15) is 9.59 Å². The maximum Gasteiger partial charge on any atom is 0.245 e. The Morgan fingerprint density at radius 1 is 1.30 bits per heavy atom. The van der Waals surface area contributed by atoms with E-state index in [2.05, 4.69) is 15.3 Å². The number of amides is 2. The largest absolute Gasteiger partial charge is 0.344 e. The van der Waals surface area contributed by atoms with Crippen molar-refractivity contribution < 1.29 is 9.59 Å². The van der Waals surface area contributed by atoms with Crippen LogP contribution in [0.2, 0.25) is 0 Å². The molecule has 0 heterocycles. The predicted octanol–water partition coefficient (Wildman–Crippen LogP) is 2.09. The van der Waals surface area contributed by atoms with Gasteiger partial charge in [-0.1, -0.05) is 19.0 Å². The third-order valence-corrected chi connectivity index (χ3v) is 3.05. The molecule has 2 amide bonds. The minimum absolute atomic E-state index is 0.0316. The smallest absolute Gasteiger partial charge is 0.245 e. The monoisotopic (exact) mass is 283 g/mol. The first-order valence-corrected chi connectivity index (χ1v) is 7.06. The summed E-state index contributed by atoms with van der Waals surface area (Å²) >= 11 is 0. The molecule has 0 saturated carbocycles. The van der Waals surface area contributed by atoms with Gasteiger partial charge in [0.15, 0.2) is 0 Å². The van der Waals surface area contributed by atoms with Crippen molar-refractivity contribution >= 4 is 11.8 Å². The van der Waals surface area contributed by atoms with Gasteiger partial charge in [-0.25, -0.2) is 0 Å². The van der Waals surface area contributed by atoms with Gasteiger partial charge < -0.3 is 10.2 Å². The molecule has 7 nitrogen and oxygen atoms in total. The van der Waals surface area contributed by atoms with Crippen LogP contribution in [0, 0.1) is 5.92 Å². The Kier molecular flexibility index (Phi) is 9.20. The highest BCUT2D eigenvalue weighted by Gasteiger charge is 2.26. The van der Waals surface area contributed by atoms with Gasteiger partial charge in [0, 0.05) is 31.0 Å². The average molecular weight is 283 g/mol. The van der Waals surface area contributed by atoms with Crippen molar-refractivity contribution in [2.45, 2.75) is 46.6 Å². The molecule has 20 heavy (non-hydrogen) atoms. The van der Waals surface area contributed by atoms with E-state index in [-0.39, 0.29) is 24.2 Å². The van der Waals surface area contributed by atoms with Crippen molar-refractivity contribution in [3.63, 3.8) is 0 Å². The van der Waals surface area contributed by atoms with Crippen molar-refractivity contribution in [3.8, 4) is 0 Å². The standard InChI is InChI=1S/C13H25N5O2/c1-5-18(6-2)13(20)12(10(3)4)16-11(19)8-7-9-15-17-14/h10,12H,5-9H2,1-4H3,(H,16,19)/t12-/m0/s1. The molecular weight excluding hydrogens is 258 g/mol. The number of nitrogens with one attached hydrogen (secondary N) is 1. The van der Waals surface area contributed by atoms with E-state index in [1.54, 1.807) is 4.90 Å². The molecule has 7 heteroatoms. The molecule has 0 aromatic rings. The molecular formula is C13H25N5O2. The van der Waals surface area contributed by atoms with Gasteiger partial charge in [0.05, 0.1) is 0 Å². The molecule has 0 rings (SSSR count). The van der Waals surface area contributed by atoms with Crippen molar-refractivity contribution in [1.82, 2.24) is 10.2 Å². The van der Waals surface area contributed by atoms with Crippen LogP contribution in [0.25, 0.3) is 10.4 Å². The number of hydrogen-bond acceptors (Lipinski definition) is 3. The second-order valence-corrected chi connectivity index (χ2v) is 4.86. The molecule has 1 atom stereocenters. The number of carbonyl (C=O) groups is 2. The number of carbonyl (C=O) groups excluding carboxylic acids is 2. The van der Waals surface area contributed by atoms with Crippen LogP contribution < -0.4 is 5.32 Å². The van der Waals surface area contributed by atoms with E-state index in [0.717, 1.165) is 0 Å². The normalized spacial score (nSPS) is 11.7. The van der Waals surface area contributed by atoms with E-state index in [4.69, 9.17) is 5.53 Å². The number of nitrogens with zero attached hydrogens (tertiary/aromatic N) is 4. The van der Waals surface area contributed by atoms with Crippen LogP contribution in [0.3, 0.4) is 0 Å². The minimum atomic E-state index is -0.498. The molecule has 0 aliphatic rings. The van der Waals surface area contributed by atoms with E-state index in [1.165, 1.54) is 0 Å². The zero-order chi connectivity index (χ0) is 15.5. The second kappa shape index (κ2) is 10.1. The van der Waals surface area contributed by atoms with Crippen LogP contribution in [0.15, 0.2) is 5.11 Å². The summed E-state index contributed by atoms with van der Waals surface area (Å²) < 4.78 is 0. The summed E-state index contributed by atoms with van der Waals surface area (Å²) in [4.78, 5) is 28.5. The topological polar surface area (TPSA) is 98.2 Å². The fourth-order valence-electron chi connectivity index (χ4n) is 1.85. The lowest BCUT2D eigenvalue weighted by Gasteiger charge is -2.28. The van der Waals surface area contributed by atoms with Gasteiger partial charge in [-0.05, 0) is 31.7 Å². The summed E-state index contributed by atoms with van der Waals surface area (Å²) in [5.74, 6) is -0.199. The summed E-state index contributed by atoms with van der Waals surface area (Å²) in [6, 6.07) is -0.498.